The van der Waals surface area contributed by atoms with E-state index in [9.17, 15) is 9.59 Å². The summed E-state index contributed by atoms with van der Waals surface area (Å²) in [6.07, 6.45) is 0.461. The summed E-state index contributed by atoms with van der Waals surface area (Å²) in [4.78, 5) is 21.9. The van der Waals surface area contributed by atoms with E-state index in [1.807, 2.05) is 17.6 Å². The van der Waals surface area contributed by atoms with Gasteiger partial charge in [-0.3, -0.25) is 20.4 Å². The highest BCUT2D eigenvalue weighted by Gasteiger charge is 2.01. The lowest BCUT2D eigenvalue weighted by atomic mass is 10.3. The molecule has 1 aromatic carbocycles. The summed E-state index contributed by atoms with van der Waals surface area (Å²) in [5.41, 5.74) is 4.90. The minimum Gasteiger partial charge on any atom is -0.493 e. The molecule has 8 heteroatoms. The molecule has 1 aromatic rings. The minimum atomic E-state index is -0.285. The lowest BCUT2D eigenvalue weighted by Gasteiger charge is -2.09. The van der Waals surface area contributed by atoms with Gasteiger partial charge in [-0.05, 0) is 12.1 Å². The molecule has 8 nitrogen and oxygen atoms in total. The summed E-state index contributed by atoms with van der Waals surface area (Å²) in [6.45, 7) is 0.699. The van der Waals surface area contributed by atoms with Crippen molar-refractivity contribution in [3.8, 4) is 5.75 Å². The van der Waals surface area contributed by atoms with E-state index in [0.717, 1.165) is 5.69 Å². The van der Waals surface area contributed by atoms with Crippen molar-refractivity contribution in [2.75, 3.05) is 18.5 Å². The van der Waals surface area contributed by atoms with Crippen LogP contribution in [0.2, 0.25) is 0 Å². The van der Waals surface area contributed by atoms with Crippen molar-refractivity contribution >= 4 is 17.5 Å². The molecule has 1 rings (SSSR count). The average molecular weight is 281 g/mol. The van der Waals surface area contributed by atoms with E-state index in [1.165, 1.54) is 0 Å². The van der Waals surface area contributed by atoms with Gasteiger partial charge in [0, 0.05) is 24.7 Å². The first kappa shape index (κ1) is 15.7. The highest BCUT2D eigenvalue weighted by Crippen LogP contribution is 2.17. The molecule has 0 unspecified atom stereocenters. The summed E-state index contributed by atoms with van der Waals surface area (Å²) in [7, 11) is 0. The molecule has 0 radical (unpaired) electrons. The molecule has 2 amide bonds. The Bertz CT molecular complexity index is 415. The fourth-order valence-electron chi connectivity index (χ4n) is 1.42. The third-order valence-electron chi connectivity index (χ3n) is 2.44. The molecule has 7 N–H and O–H groups in total. The fourth-order valence-corrected chi connectivity index (χ4v) is 1.42. The zero-order chi connectivity index (χ0) is 14.8. The van der Waals surface area contributed by atoms with Crippen molar-refractivity contribution in [2.45, 2.75) is 12.8 Å². The van der Waals surface area contributed by atoms with Gasteiger partial charge in [-0.25, -0.2) is 11.7 Å². The zero-order valence-corrected chi connectivity index (χ0v) is 11.0. The van der Waals surface area contributed by atoms with Crippen LogP contribution in [0.25, 0.3) is 0 Å². The van der Waals surface area contributed by atoms with Gasteiger partial charge >= 0.3 is 0 Å². The molecule has 0 aliphatic carbocycles. The van der Waals surface area contributed by atoms with E-state index in [0.29, 0.717) is 12.3 Å². The second-order valence-electron chi connectivity index (χ2n) is 3.94. The molecule has 0 aromatic heterocycles. The fraction of sp³-hybridized carbons (Fsp3) is 0.333. The molecule has 0 saturated carbocycles. The quantitative estimate of drug-likeness (QED) is 0.242. The van der Waals surface area contributed by atoms with E-state index in [4.69, 9.17) is 16.4 Å². The minimum absolute atomic E-state index is 0.185. The largest absolute Gasteiger partial charge is 0.493 e. The Balaban J connectivity index is 2.37. The Kier molecular flexibility index (Phi) is 6.87. The number of carbonyl (C=O) groups excluding carboxylic acids is 2. The molecule has 0 saturated heterocycles. The second kappa shape index (κ2) is 8.73. The maximum absolute atomic E-state index is 11.0. The standard InChI is InChI=1S/C12H19N5O3/c13-16-11(18)4-6-15-9-2-1-3-10(8-9)20-7-5-12(19)17-14/h1-3,8,15H,4-7,13-14H2,(H,16,18)(H,17,19). The van der Waals surface area contributed by atoms with Crippen LogP contribution in [0, 0.1) is 0 Å². The van der Waals surface area contributed by atoms with Gasteiger partial charge in [-0.1, -0.05) is 6.07 Å². The molecule has 0 spiro atoms. The number of rotatable bonds is 8. The van der Waals surface area contributed by atoms with Gasteiger partial charge < -0.3 is 10.1 Å². The number of benzene rings is 1. The van der Waals surface area contributed by atoms with E-state index < -0.39 is 0 Å². The second-order valence-corrected chi connectivity index (χ2v) is 3.94. The molecule has 110 valence electrons. The van der Waals surface area contributed by atoms with Crippen LogP contribution in [0.1, 0.15) is 12.8 Å². The number of ether oxygens (including phenoxy) is 1. The van der Waals surface area contributed by atoms with Crippen LogP contribution >= 0.6 is 0 Å². The van der Waals surface area contributed by atoms with Crippen molar-refractivity contribution in [1.82, 2.24) is 10.9 Å². The van der Waals surface area contributed by atoms with Crippen LogP contribution in [0.15, 0.2) is 24.3 Å². The number of hydrogen-bond donors (Lipinski definition) is 5. The first-order chi connectivity index (χ1) is 9.65. The van der Waals surface area contributed by atoms with Crippen molar-refractivity contribution in [3.05, 3.63) is 24.3 Å². The van der Waals surface area contributed by atoms with Gasteiger partial charge in [-0.2, -0.15) is 0 Å². The Morgan fingerprint density at radius 1 is 1.10 bits per heavy atom. The predicted molar refractivity (Wildman–Crippen MR) is 74.3 cm³/mol. The van der Waals surface area contributed by atoms with E-state index in [2.05, 4.69) is 10.7 Å². The van der Waals surface area contributed by atoms with Gasteiger partial charge in [-0.15, -0.1) is 0 Å². The number of nitrogens with two attached hydrogens (primary N) is 2. The number of anilines is 1. The molecule has 0 aliphatic heterocycles. The zero-order valence-electron chi connectivity index (χ0n) is 11.0. The number of carbonyl (C=O) groups is 2. The van der Waals surface area contributed by atoms with Crippen LogP contribution < -0.4 is 32.6 Å². The Hall–Kier alpha value is -2.32. The maximum atomic E-state index is 11.0. The van der Waals surface area contributed by atoms with Gasteiger partial charge in [0.2, 0.25) is 11.8 Å². The Labute approximate surface area is 116 Å². The van der Waals surface area contributed by atoms with Crippen LogP contribution in [0.5, 0.6) is 5.75 Å². The highest BCUT2D eigenvalue weighted by atomic mass is 16.5. The maximum Gasteiger partial charge on any atom is 0.237 e. The third-order valence-corrected chi connectivity index (χ3v) is 2.44. The predicted octanol–water partition coefficient (Wildman–Crippen LogP) is -0.763. The molecular weight excluding hydrogens is 262 g/mol. The summed E-state index contributed by atoms with van der Waals surface area (Å²) < 4.78 is 5.41. The van der Waals surface area contributed by atoms with Crippen molar-refractivity contribution in [3.63, 3.8) is 0 Å². The SMILES string of the molecule is NNC(=O)CCNc1cccc(OCCC(=O)NN)c1. The molecule has 0 aliphatic rings. The van der Waals surface area contributed by atoms with Crippen LogP contribution in [0.4, 0.5) is 5.69 Å². The normalized spacial score (nSPS) is 9.70. The first-order valence-electron chi connectivity index (χ1n) is 6.11. The first-order valence-corrected chi connectivity index (χ1v) is 6.11. The summed E-state index contributed by atoms with van der Waals surface area (Å²) in [5.74, 6) is 10.0. The number of hydrogen-bond acceptors (Lipinski definition) is 6. The lowest BCUT2D eigenvalue weighted by Crippen LogP contribution is -2.31. The van der Waals surface area contributed by atoms with Gasteiger partial charge in [0.1, 0.15) is 5.75 Å². The van der Waals surface area contributed by atoms with Crippen molar-refractivity contribution in [2.24, 2.45) is 11.7 Å². The van der Waals surface area contributed by atoms with Gasteiger partial charge in [0.15, 0.2) is 0 Å². The van der Waals surface area contributed by atoms with E-state index in [-0.39, 0.29) is 31.3 Å². The highest BCUT2D eigenvalue weighted by molar-refractivity contribution is 5.76. The molecule has 0 fully saturated rings. The molecule has 0 atom stereocenters. The number of nitrogens with one attached hydrogen (secondary N) is 3. The van der Waals surface area contributed by atoms with Gasteiger partial charge in [0.05, 0.1) is 13.0 Å². The molecule has 0 bridgehead atoms. The van der Waals surface area contributed by atoms with Gasteiger partial charge in [0.25, 0.3) is 0 Å². The summed E-state index contributed by atoms with van der Waals surface area (Å²) >= 11 is 0. The van der Waals surface area contributed by atoms with Crippen LogP contribution in [-0.2, 0) is 9.59 Å². The number of amides is 2. The molecule has 0 heterocycles. The van der Waals surface area contributed by atoms with Crippen LogP contribution in [0.3, 0.4) is 0 Å². The summed E-state index contributed by atoms with van der Waals surface area (Å²) in [5, 5.41) is 3.06. The van der Waals surface area contributed by atoms with Crippen molar-refractivity contribution in [1.29, 1.82) is 0 Å². The number of hydrazine groups is 2. The van der Waals surface area contributed by atoms with Crippen LogP contribution in [-0.4, -0.2) is 25.0 Å². The Morgan fingerprint density at radius 3 is 2.50 bits per heavy atom. The Morgan fingerprint density at radius 2 is 1.80 bits per heavy atom. The molecular formula is C12H19N5O3. The monoisotopic (exact) mass is 281 g/mol. The third kappa shape index (κ3) is 6.03. The average Bonchev–Trinajstić information content (AvgIpc) is 2.47. The summed E-state index contributed by atoms with van der Waals surface area (Å²) in [6, 6.07) is 7.21. The topological polar surface area (TPSA) is 132 Å². The smallest absolute Gasteiger partial charge is 0.237 e. The van der Waals surface area contributed by atoms with Crippen molar-refractivity contribution < 1.29 is 14.3 Å². The lowest BCUT2D eigenvalue weighted by molar-refractivity contribution is -0.122. The van der Waals surface area contributed by atoms with E-state index in [1.54, 1.807) is 12.1 Å². The molecule has 20 heavy (non-hydrogen) atoms. The van der Waals surface area contributed by atoms with E-state index >= 15 is 0 Å².